The van der Waals surface area contributed by atoms with Gasteiger partial charge in [-0.15, -0.1) is 11.8 Å². The molecule has 4 N–H and O–H groups in total. The molecule has 0 spiro atoms. The molecule has 3 atom stereocenters. The van der Waals surface area contributed by atoms with Gasteiger partial charge >= 0.3 is 12.0 Å². The molecule has 256 valence electrons. The predicted molar refractivity (Wildman–Crippen MR) is 189 cm³/mol. The lowest BCUT2D eigenvalue weighted by molar-refractivity contribution is -0.245. The van der Waals surface area contributed by atoms with E-state index in [2.05, 4.69) is 22.0 Å². The second-order valence-corrected chi connectivity index (χ2v) is 12.6. The largest absolute Gasteiger partial charge is 0.465 e. The summed E-state index contributed by atoms with van der Waals surface area (Å²) >= 11 is 1.69. The van der Waals surface area contributed by atoms with Gasteiger partial charge in [0.25, 0.3) is 0 Å². The summed E-state index contributed by atoms with van der Waals surface area (Å²) in [6.45, 7) is 3.52. The molecule has 5 rings (SSSR count). The zero-order valence-electron chi connectivity index (χ0n) is 27.5. The maximum Gasteiger partial charge on any atom is 0.325 e. The van der Waals surface area contributed by atoms with Crippen molar-refractivity contribution in [3.63, 3.8) is 0 Å². The number of amides is 3. The van der Waals surface area contributed by atoms with Crippen molar-refractivity contribution in [1.82, 2.24) is 10.6 Å². The van der Waals surface area contributed by atoms with Crippen molar-refractivity contribution < 1.29 is 33.7 Å². The lowest BCUT2D eigenvalue weighted by atomic mass is 9.99. The molecule has 0 radical (unpaired) electrons. The number of thioether (sulfide) groups is 1. The third-order valence-corrected chi connectivity index (χ3v) is 8.94. The van der Waals surface area contributed by atoms with Gasteiger partial charge in [-0.05, 0) is 71.1 Å². The van der Waals surface area contributed by atoms with Crippen LogP contribution in [-0.4, -0.2) is 48.0 Å². The van der Waals surface area contributed by atoms with Crippen LogP contribution in [0.2, 0.25) is 0 Å². The van der Waals surface area contributed by atoms with Gasteiger partial charge in [0.1, 0.15) is 6.54 Å². The molecule has 0 aliphatic carbocycles. The molecule has 4 aromatic carbocycles. The number of ether oxygens (including phenoxy) is 3. The quantitative estimate of drug-likeness (QED) is 0.0927. The molecule has 4 aromatic rings. The predicted octanol–water partition coefficient (Wildman–Crippen LogP) is 6.50. The number of hydrogen-bond donors (Lipinski definition) is 4. The van der Waals surface area contributed by atoms with Gasteiger partial charge < -0.3 is 35.3 Å². The molecule has 1 aliphatic rings. The number of carbonyl (C=O) groups is 3. The molecule has 11 heteroatoms. The van der Waals surface area contributed by atoms with Crippen LogP contribution in [0.5, 0.6) is 0 Å². The van der Waals surface area contributed by atoms with Gasteiger partial charge in [-0.1, -0.05) is 60.7 Å². The molecule has 1 fully saturated rings. The second kappa shape index (κ2) is 17.6. The number of benzene rings is 4. The van der Waals surface area contributed by atoms with Crippen LogP contribution in [0, 0.1) is 0 Å². The molecule has 3 amide bonds. The first kappa shape index (κ1) is 35.6. The van der Waals surface area contributed by atoms with Crippen molar-refractivity contribution in [2.24, 2.45) is 0 Å². The molecule has 10 nitrogen and oxygen atoms in total. The lowest BCUT2D eigenvalue weighted by Crippen LogP contribution is -2.38. The van der Waals surface area contributed by atoms with Crippen LogP contribution in [0.4, 0.5) is 10.5 Å². The fourth-order valence-corrected chi connectivity index (χ4v) is 6.31. The van der Waals surface area contributed by atoms with Gasteiger partial charge in [-0.3, -0.25) is 9.59 Å². The van der Waals surface area contributed by atoms with Crippen LogP contribution >= 0.6 is 11.8 Å². The Morgan fingerprint density at radius 2 is 1.59 bits per heavy atom. The van der Waals surface area contributed by atoms with Crippen molar-refractivity contribution in [2.75, 3.05) is 24.2 Å². The van der Waals surface area contributed by atoms with E-state index in [4.69, 9.17) is 14.2 Å². The average molecular weight is 684 g/mol. The Labute approximate surface area is 290 Å². The van der Waals surface area contributed by atoms with Crippen LogP contribution in [0.3, 0.4) is 0 Å². The number of aliphatic hydroxyl groups excluding tert-OH is 1. The average Bonchev–Trinajstić information content (AvgIpc) is 3.13. The number of hydrogen-bond acceptors (Lipinski definition) is 8. The van der Waals surface area contributed by atoms with E-state index >= 15 is 0 Å². The molecule has 0 aromatic heterocycles. The maximum atomic E-state index is 12.2. The van der Waals surface area contributed by atoms with Crippen molar-refractivity contribution >= 4 is 35.4 Å². The molecule has 1 saturated heterocycles. The smallest absolute Gasteiger partial charge is 0.325 e. The molecular formula is C38H41N3O7S. The number of nitrogens with one attached hydrogen (secondary N) is 3. The third-order valence-electron chi connectivity index (χ3n) is 7.80. The summed E-state index contributed by atoms with van der Waals surface area (Å²) in [6, 6.07) is 31.0. The number of esters is 1. The molecule has 1 aliphatic heterocycles. The summed E-state index contributed by atoms with van der Waals surface area (Å²) in [5.74, 6) is 0.102. The summed E-state index contributed by atoms with van der Waals surface area (Å²) in [6.07, 6.45) is -0.285. The van der Waals surface area contributed by atoms with Crippen molar-refractivity contribution in [3.8, 4) is 11.1 Å². The van der Waals surface area contributed by atoms with Crippen LogP contribution in [0.1, 0.15) is 54.9 Å². The molecule has 1 heterocycles. The van der Waals surface area contributed by atoms with Gasteiger partial charge in [0, 0.05) is 41.8 Å². The third kappa shape index (κ3) is 10.7. The molecule has 49 heavy (non-hydrogen) atoms. The lowest BCUT2D eigenvalue weighted by Gasteiger charge is -2.36. The highest BCUT2D eigenvalue weighted by Crippen LogP contribution is 2.40. The highest BCUT2D eigenvalue weighted by Gasteiger charge is 2.32. The SMILES string of the molecule is CCOC(=O)CNC(=O)NCc1cccc(-c2cccc([C@@H]3O[C@H](CSc4ccc(NC(C)=O)cc4)C[C@H](c4ccc(CO)cc4)O3)c2)c1. The number of aliphatic hydroxyl groups is 1. The second-order valence-electron chi connectivity index (χ2n) is 11.5. The normalized spacial score (nSPS) is 17.2. The maximum absolute atomic E-state index is 12.2. The minimum atomic E-state index is -0.614. The van der Waals surface area contributed by atoms with E-state index in [1.54, 1.807) is 18.7 Å². The van der Waals surface area contributed by atoms with Gasteiger partial charge in [-0.2, -0.15) is 0 Å². The topological polar surface area (TPSA) is 135 Å². The van der Waals surface area contributed by atoms with E-state index in [0.29, 0.717) is 12.2 Å². The molecule has 0 unspecified atom stereocenters. The molecule has 0 bridgehead atoms. The summed E-state index contributed by atoms with van der Waals surface area (Å²) in [5, 5.41) is 17.6. The fraction of sp³-hybridized carbons (Fsp3) is 0.289. The molecular weight excluding hydrogens is 642 g/mol. The number of urea groups is 1. The Morgan fingerprint density at radius 3 is 2.31 bits per heavy atom. The van der Waals surface area contributed by atoms with Crippen molar-refractivity contribution in [2.45, 2.75) is 56.8 Å². The number of anilines is 1. The van der Waals surface area contributed by atoms with E-state index in [0.717, 1.165) is 44.0 Å². The Balaban J connectivity index is 1.29. The highest BCUT2D eigenvalue weighted by molar-refractivity contribution is 7.99. The summed E-state index contributed by atoms with van der Waals surface area (Å²) in [4.78, 5) is 36.2. The van der Waals surface area contributed by atoms with E-state index in [1.165, 1.54) is 6.92 Å². The van der Waals surface area contributed by atoms with E-state index in [9.17, 15) is 19.5 Å². The van der Waals surface area contributed by atoms with E-state index in [1.807, 2.05) is 91.0 Å². The van der Waals surface area contributed by atoms with Crippen LogP contribution in [0.25, 0.3) is 11.1 Å². The number of rotatable bonds is 13. The monoisotopic (exact) mass is 683 g/mol. The minimum Gasteiger partial charge on any atom is -0.465 e. The Bertz CT molecular complexity index is 1720. The van der Waals surface area contributed by atoms with Crippen molar-refractivity contribution in [3.05, 3.63) is 119 Å². The first-order chi connectivity index (χ1) is 23.8. The van der Waals surface area contributed by atoms with Gasteiger partial charge in [0.2, 0.25) is 5.91 Å². The Hall–Kier alpha value is -4.68. The summed E-state index contributed by atoms with van der Waals surface area (Å²) < 4.78 is 18.0. The standard InChI is InChI=1S/C38H41N3O7S/c1-3-46-36(44)22-40-38(45)39-21-27-6-4-7-29(18-27)30-8-5-9-31(19-30)37-47-33(20-35(48-37)28-12-10-26(23-42)11-13-28)24-49-34-16-14-32(15-17-34)41-25(2)43/h4-19,33,35,37,42H,3,20-24H2,1-2H3,(H,41,43)(H2,39,40,45)/t33-,35+,37+/m0/s1. The summed E-state index contributed by atoms with van der Waals surface area (Å²) in [5.41, 5.74) is 6.32. The van der Waals surface area contributed by atoms with Crippen LogP contribution < -0.4 is 16.0 Å². The zero-order chi connectivity index (χ0) is 34.6. The van der Waals surface area contributed by atoms with Crippen LogP contribution in [0.15, 0.2) is 102 Å². The van der Waals surface area contributed by atoms with Crippen LogP contribution in [-0.2, 0) is 37.0 Å². The fourth-order valence-electron chi connectivity index (χ4n) is 5.38. The zero-order valence-corrected chi connectivity index (χ0v) is 28.3. The first-order valence-electron chi connectivity index (χ1n) is 16.2. The number of carbonyl (C=O) groups excluding carboxylic acids is 3. The van der Waals surface area contributed by atoms with E-state index < -0.39 is 18.3 Å². The summed E-state index contributed by atoms with van der Waals surface area (Å²) in [7, 11) is 0. The Morgan fingerprint density at radius 1 is 0.857 bits per heavy atom. The first-order valence-corrected chi connectivity index (χ1v) is 17.2. The Kier molecular flexibility index (Phi) is 12.8. The minimum absolute atomic E-state index is 0.0235. The highest BCUT2D eigenvalue weighted by atomic mass is 32.2. The van der Waals surface area contributed by atoms with Crippen molar-refractivity contribution in [1.29, 1.82) is 0 Å². The van der Waals surface area contributed by atoms with E-state index in [-0.39, 0.29) is 44.4 Å². The van der Waals surface area contributed by atoms with Gasteiger partial charge in [0.15, 0.2) is 6.29 Å². The van der Waals surface area contributed by atoms with Gasteiger partial charge in [0.05, 0.1) is 25.4 Å². The molecule has 0 saturated carbocycles. The van der Waals surface area contributed by atoms with Gasteiger partial charge in [-0.25, -0.2) is 4.79 Å².